The van der Waals surface area contributed by atoms with Gasteiger partial charge in [-0.2, -0.15) is 0 Å². The standard InChI is InChI=1S/C11H13NO7/c13-9-5-18-6-11(15,10(9)14)19-8-3-1-7(2-4-8)12(16)17/h1-4,9-10,13-15H,5-6H2/t9-,10+,11?/m0/s1. The number of ether oxygens (including phenoxy) is 2. The van der Waals surface area contributed by atoms with Gasteiger partial charge in [-0.15, -0.1) is 0 Å². The lowest BCUT2D eigenvalue weighted by molar-refractivity contribution is -0.384. The molecule has 0 bridgehead atoms. The first-order chi connectivity index (χ1) is 8.92. The normalized spacial score (nSPS) is 30.9. The van der Waals surface area contributed by atoms with E-state index in [0.717, 1.165) is 0 Å². The number of rotatable bonds is 3. The molecule has 3 N–H and O–H groups in total. The minimum atomic E-state index is -2.09. The average molecular weight is 271 g/mol. The molecule has 104 valence electrons. The number of aliphatic hydroxyl groups excluding tert-OH is 2. The first-order valence-electron chi connectivity index (χ1n) is 5.52. The lowest BCUT2D eigenvalue weighted by atomic mass is 10.0. The maximum absolute atomic E-state index is 10.5. The van der Waals surface area contributed by atoms with E-state index in [1.807, 2.05) is 0 Å². The molecule has 1 heterocycles. The molecule has 1 saturated heterocycles. The first kappa shape index (κ1) is 13.7. The average Bonchev–Trinajstić information content (AvgIpc) is 2.36. The molecular formula is C11H13NO7. The van der Waals surface area contributed by atoms with Gasteiger partial charge in [-0.1, -0.05) is 0 Å². The van der Waals surface area contributed by atoms with Gasteiger partial charge in [0.05, 0.1) is 11.5 Å². The van der Waals surface area contributed by atoms with E-state index in [-0.39, 0.29) is 24.7 Å². The maximum Gasteiger partial charge on any atom is 0.269 e. The van der Waals surface area contributed by atoms with Crippen LogP contribution in [-0.4, -0.2) is 51.5 Å². The van der Waals surface area contributed by atoms with Gasteiger partial charge in [0.15, 0.2) is 0 Å². The molecule has 0 aliphatic carbocycles. The molecule has 2 rings (SSSR count). The van der Waals surface area contributed by atoms with E-state index in [1.54, 1.807) is 0 Å². The molecular weight excluding hydrogens is 258 g/mol. The fourth-order valence-electron chi connectivity index (χ4n) is 1.73. The van der Waals surface area contributed by atoms with Gasteiger partial charge in [0.25, 0.3) is 11.5 Å². The van der Waals surface area contributed by atoms with Crippen molar-refractivity contribution < 1.29 is 29.7 Å². The Balaban J connectivity index is 2.13. The second-order valence-electron chi connectivity index (χ2n) is 4.23. The van der Waals surface area contributed by atoms with E-state index < -0.39 is 22.9 Å². The van der Waals surface area contributed by atoms with Gasteiger partial charge >= 0.3 is 0 Å². The van der Waals surface area contributed by atoms with Gasteiger partial charge in [0.2, 0.25) is 0 Å². The number of hydrogen-bond acceptors (Lipinski definition) is 7. The van der Waals surface area contributed by atoms with Crippen molar-refractivity contribution >= 4 is 5.69 Å². The number of hydrogen-bond donors (Lipinski definition) is 3. The van der Waals surface area contributed by atoms with Gasteiger partial charge in [-0.3, -0.25) is 10.1 Å². The summed E-state index contributed by atoms with van der Waals surface area (Å²) in [4.78, 5) is 9.91. The van der Waals surface area contributed by atoms with E-state index in [4.69, 9.17) is 9.47 Å². The number of nitro groups is 1. The summed E-state index contributed by atoms with van der Waals surface area (Å²) in [5.41, 5.74) is -0.125. The third-order valence-electron chi connectivity index (χ3n) is 2.77. The summed E-state index contributed by atoms with van der Waals surface area (Å²) in [5, 5.41) is 39.6. The Morgan fingerprint density at radius 1 is 1.37 bits per heavy atom. The van der Waals surface area contributed by atoms with Crippen LogP contribution >= 0.6 is 0 Å². The molecule has 8 heteroatoms. The minimum Gasteiger partial charge on any atom is -0.457 e. The highest BCUT2D eigenvalue weighted by Gasteiger charge is 2.46. The fourth-order valence-corrected chi connectivity index (χ4v) is 1.73. The van der Waals surface area contributed by atoms with Crippen molar-refractivity contribution in [3.8, 4) is 5.75 Å². The highest BCUT2D eigenvalue weighted by atomic mass is 16.7. The number of aliphatic hydroxyl groups is 3. The monoisotopic (exact) mass is 271 g/mol. The van der Waals surface area contributed by atoms with E-state index in [9.17, 15) is 25.4 Å². The van der Waals surface area contributed by atoms with Crippen molar-refractivity contribution in [3.05, 3.63) is 34.4 Å². The summed E-state index contributed by atoms with van der Waals surface area (Å²) in [6.07, 6.45) is -2.80. The van der Waals surface area contributed by atoms with Crippen molar-refractivity contribution in [2.45, 2.75) is 18.0 Å². The SMILES string of the molecule is O=[N+]([O-])c1ccc(OC2(O)COC[C@H](O)[C@H]2O)cc1. The van der Waals surface area contributed by atoms with Gasteiger partial charge in [-0.05, 0) is 12.1 Å². The third-order valence-corrected chi connectivity index (χ3v) is 2.77. The fraction of sp³-hybridized carbons (Fsp3) is 0.455. The molecule has 1 aliphatic heterocycles. The van der Waals surface area contributed by atoms with E-state index in [2.05, 4.69) is 0 Å². The Morgan fingerprint density at radius 3 is 2.58 bits per heavy atom. The van der Waals surface area contributed by atoms with E-state index in [1.165, 1.54) is 24.3 Å². The summed E-state index contributed by atoms with van der Waals surface area (Å²) in [6, 6.07) is 4.96. The Morgan fingerprint density at radius 2 is 2.00 bits per heavy atom. The predicted octanol–water partition coefficient (Wildman–Crippen LogP) is -0.586. The quantitative estimate of drug-likeness (QED) is 0.381. The van der Waals surface area contributed by atoms with Crippen LogP contribution in [0.5, 0.6) is 5.75 Å². The van der Waals surface area contributed by atoms with Crippen LogP contribution in [0.3, 0.4) is 0 Å². The number of nitro benzene ring substituents is 1. The minimum absolute atomic E-state index is 0.104. The van der Waals surface area contributed by atoms with Crippen molar-refractivity contribution in [2.75, 3.05) is 13.2 Å². The van der Waals surface area contributed by atoms with Crippen LogP contribution in [0.4, 0.5) is 5.69 Å². The third kappa shape index (κ3) is 2.82. The lowest BCUT2D eigenvalue weighted by Crippen LogP contribution is -2.61. The molecule has 0 aromatic heterocycles. The molecule has 1 aromatic carbocycles. The van der Waals surface area contributed by atoms with Crippen LogP contribution in [0.15, 0.2) is 24.3 Å². The van der Waals surface area contributed by atoms with Crippen molar-refractivity contribution in [1.82, 2.24) is 0 Å². The van der Waals surface area contributed by atoms with Gasteiger partial charge in [-0.25, -0.2) is 0 Å². The summed E-state index contributed by atoms with van der Waals surface area (Å²) in [6.45, 7) is -0.421. The highest BCUT2D eigenvalue weighted by Crippen LogP contribution is 2.26. The predicted molar refractivity (Wildman–Crippen MR) is 61.5 cm³/mol. The molecule has 0 amide bonds. The van der Waals surface area contributed by atoms with Crippen LogP contribution in [0.1, 0.15) is 0 Å². The highest BCUT2D eigenvalue weighted by molar-refractivity contribution is 5.36. The number of nitrogens with zero attached hydrogens (tertiary/aromatic N) is 1. The van der Waals surface area contributed by atoms with E-state index in [0.29, 0.717) is 0 Å². The summed E-state index contributed by atoms with van der Waals surface area (Å²) < 4.78 is 10.1. The maximum atomic E-state index is 10.5. The largest absolute Gasteiger partial charge is 0.457 e. The number of non-ortho nitro benzene ring substituents is 1. The zero-order valence-electron chi connectivity index (χ0n) is 9.80. The second-order valence-corrected chi connectivity index (χ2v) is 4.23. The summed E-state index contributed by atoms with van der Waals surface area (Å²) in [7, 11) is 0. The molecule has 0 radical (unpaired) electrons. The molecule has 1 unspecified atom stereocenters. The van der Waals surface area contributed by atoms with E-state index >= 15 is 0 Å². The van der Waals surface area contributed by atoms with Gasteiger partial charge in [0, 0.05) is 12.1 Å². The Bertz CT molecular complexity index is 463. The van der Waals surface area contributed by atoms with Crippen LogP contribution in [-0.2, 0) is 4.74 Å². The van der Waals surface area contributed by atoms with Gasteiger partial charge in [0.1, 0.15) is 24.6 Å². The summed E-state index contributed by atoms with van der Waals surface area (Å²) in [5.74, 6) is -1.97. The van der Waals surface area contributed by atoms with Crippen LogP contribution in [0.25, 0.3) is 0 Å². The van der Waals surface area contributed by atoms with Crippen molar-refractivity contribution in [2.24, 2.45) is 0 Å². The molecule has 1 aliphatic rings. The second kappa shape index (κ2) is 5.10. The Labute approximate surface area is 108 Å². The summed E-state index contributed by atoms with van der Waals surface area (Å²) >= 11 is 0. The first-order valence-corrected chi connectivity index (χ1v) is 5.52. The van der Waals surface area contributed by atoms with Gasteiger partial charge < -0.3 is 24.8 Å². The van der Waals surface area contributed by atoms with Crippen molar-refractivity contribution in [1.29, 1.82) is 0 Å². The molecule has 0 spiro atoms. The molecule has 8 nitrogen and oxygen atoms in total. The molecule has 1 aromatic rings. The molecule has 0 saturated carbocycles. The zero-order valence-corrected chi connectivity index (χ0v) is 9.80. The lowest BCUT2D eigenvalue weighted by Gasteiger charge is -2.38. The Kier molecular flexibility index (Phi) is 3.67. The molecule has 1 fully saturated rings. The zero-order chi connectivity index (χ0) is 14.0. The molecule has 3 atom stereocenters. The van der Waals surface area contributed by atoms with Crippen LogP contribution in [0.2, 0.25) is 0 Å². The topological polar surface area (TPSA) is 122 Å². The van der Waals surface area contributed by atoms with Crippen LogP contribution < -0.4 is 4.74 Å². The van der Waals surface area contributed by atoms with Crippen molar-refractivity contribution in [3.63, 3.8) is 0 Å². The van der Waals surface area contributed by atoms with Crippen LogP contribution in [0, 0.1) is 10.1 Å². The smallest absolute Gasteiger partial charge is 0.269 e. The number of benzene rings is 1. The Hall–Kier alpha value is -1.74. The molecule has 19 heavy (non-hydrogen) atoms.